The third kappa shape index (κ3) is 4.90. The fraction of sp³-hybridized carbons (Fsp3) is 0.231. The van der Waals surface area contributed by atoms with Crippen molar-refractivity contribution in [1.82, 2.24) is 0 Å². The molecule has 1 atom stereocenters. The molecular weight excluding hydrogens is 344 g/mol. The quantitative estimate of drug-likeness (QED) is 0.434. The minimum absolute atomic E-state index is 0.752. The molecule has 2 nitrogen and oxygen atoms in total. The average molecular weight is 373 g/mol. The molecule has 3 aromatic carbocycles. The minimum atomic E-state index is -1.04. The molecule has 0 fully saturated rings. The molecule has 0 heterocycles. The van der Waals surface area contributed by atoms with E-state index in [-0.39, 0.29) is 0 Å². The van der Waals surface area contributed by atoms with Crippen molar-refractivity contribution in [2.45, 2.75) is 38.7 Å². The zero-order valence-corrected chi connectivity index (χ0v) is 16.6. The van der Waals surface area contributed by atoms with Crippen LogP contribution in [-0.2, 0) is 5.60 Å². The predicted molar refractivity (Wildman–Crippen MR) is 117 cm³/mol. The van der Waals surface area contributed by atoms with E-state index in [1.54, 1.807) is 0 Å². The van der Waals surface area contributed by atoms with Crippen molar-refractivity contribution in [3.05, 3.63) is 102 Å². The number of para-hydroxylation sites is 1. The molecule has 2 heteroatoms. The van der Waals surface area contributed by atoms with Crippen LogP contribution in [0.15, 0.2) is 84.9 Å². The number of benzene rings is 3. The van der Waals surface area contributed by atoms with Crippen molar-refractivity contribution in [2.75, 3.05) is 0 Å². The normalized spacial score (nSPS) is 13.4. The van der Waals surface area contributed by atoms with Crippen LogP contribution in [0.5, 0.6) is 11.5 Å². The van der Waals surface area contributed by atoms with Gasteiger partial charge >= 0.3 is 0 Å². The van der Waals surface area contributed by atoms with Crippen molar-refractivity contribution in [1.29, 1.82) is 0 Å². The summed E-state index contributed by atoms with van der Waals surface area (Å²) in [6, 6.07) is 25.4. The van der Waals surface area contributed by atoms with Gasteiger partial charge in [0.15, 0.2) is 0 Å². The number of unbranched alkanes of at least 4 members (excludes halogenated alkanes) is 2. The van der Waals surface area contributed by atoms with Gasteiger partial charge in [-0.2, -0.15) is 0 Å². The Morgan fingerprint density at radius 1 is 0.857 bits per heavy atom. The predicted octanol–water partition coefficient (Wildman–Crippen LogP) is 6.94. The Bertz CT molecular complexity index is 893. The topological polar surface area (TPSA) is 29.5 Å². The van der Waals surface area contributed by atoms with Gasteiger partial charge in [-0.25, -0.2) is 0 Å². The van der Waals surface area contributed by atoms with E-state index in [1.807, 2.05) is 79.7 Å². The van der Waals surface area contributed by atoms with Crippen LogP contribution in [0.2, 0.25) is 0 Å². The fourth-order valence-corrected chi connectivity index (χ4v) is 3.15. The zero-order valence-electron chi connectivity index (χ0n) is 16.6. The molecule has 0 aliphatic rings. The van der Waals surface area contributed by atoms with E-state index in [9.17, 15) is 5.11 Å². The van der Waals surface area contributed by atoms with E-state index in [0.717, 1.165) is 34.6 Å². The van der Waals surface area contributed by atoms with E-state index >= 15 is 0 Å². The SMILES string of the molecule is CCCC/C=C/c1ccccc1Oc1ccc(C(C)(O)c2ccccc2)cc1. The van der Waals surface area contributed by atoms with Crippen molar-refractivity contribution >= 4 is 6.08 Å². The number of hydrogen-bond donors (Lipinski definition) is 1. The smallest absolute Gasteiger partial charge is 0.134 e. The van der Waals surface area contributed by atoms with Crippen molar-refractivity contribution in [3.63, 3.8) is 0 Å². The molecule has 3 rings (SSSR count). The van der Waals surface area contributed by atoms with E-state index in [4.69, 9.17) is 4.74 Å². The number of allylic oxidation sites excluding steroid dienone is 1. The molecule has 0 aliphatic heterocycles. The van der Waals surface area contributed by atoms with Crippen molar-refractivity contribution in [2.24, 2.45) is 0 Å². The third-order valence-corrected chi connectivity index (χ3v) is 4.92. The average Bonchev–Trinajstić information content (AvgIpc) is 2.73. The lowest BCUT2D eigenvalue weighted by atomic mass is 9.88. The molecule has 0 radical (unpaired) electrons. The highest BCUT2D eigenvalue weighted by molar-refractivity contribution is 5.58. The van der Waals surface area contributed by atoms with Gasteiger partial charge in [0.2, 0.25) is 0 Å². The first-order chi connectivity index (χ1) is 13.6. The summed E-state index contributed by atoms with van der Waals surface area (Å²) in [5.74, 6) is 1.58. The van der Waals surface area contributed by atoms with Gasteiger partial charge in [-0.3, -0.25) is 0 Å². The highest BCUT2D eigenvalue weighted by atomic mass is 16.5. The zero-order chi connectivity index (χ0) is 19.8. The molecule has 0 spiro atoms. The van der Waals surface area contributed by atoms with Crippen LogP contribution in [0, 0.1) is 0 Å². The molecule has 28 heavy (non-hydrogen) atoms. The molecular formula is C26H28O2. The van der Waals surface area contributed by atoms with Gasteiger partial charge in [0.05, 0.1) is 0 Å². The van der Waals surface area contributed by atoms with Crippen LogP contribution < -0.4 is 4.74 Å². The van der Waals surface area contributed by atoms with E-state index in [2.05, 4.69) is 25.1 Å². The Labute approximate surface area is 168 Å². The Hall–Kier alpha value is -2.84. The summed E-state index contributed by atoms with van der Waals surface area (Å²) in [5.41, 5.74) is 1.73. The summed E-state index contributed by atoms with van der Waals surface area (Å²) < 4.78 is 6.11. The van der Waals surface area contributed by atoms with Crippen molar-refractivity contribution < 1.29 is 9.84 Å². The van der Waals surface area contributed by atoms with Crippen LogP contribution >= 0.6 is 0 Å². The van der Waals surface area contributed by atoms with Crippen molar-refractivity contribution in [3.8, 4) is 11.5 Å². The number of rotatable bonds is 8. The minimum Gasteiger partial charge on any atom is -0.457 e. The maximum atomic E-state index is 11.0. The third-order valence-electron chi connectivity index (χ3n) is 4.92. The highest BCUT2D eigenvalue weighted by Crippen LogP contribution is 2.32. The van der Waals surface area contributed by atoms with Gasteiger partial charge in [0, 0.05) is 5.56 Å². The first kappa shape index (κ1) is 19.9. The Morgan fingerprint density at radius 3 is 2.21 bits per heavy atom. The Kier molecular flexibility index (Phi) is 6.67. The molecule has 0 aliphatic carbocycles. The standard InChI is InChI=1S/C26H28O2/c1-3-4-5-7-12-21-13-10-11-16-25(21)28-24-19-17-23(18-20-24)26(2,27)22-14-8-6-9-15-22/h6-20,27H,3-5H2,1-2H3/b12-7+. The van der Waals surface area contributed by atoms with Gasteiger partial charge < -0.3 is 9.84 Å². The second-order valence-electron chi connectivity index (χ2n) is 7.15. The monoisotopic (exact) mass is 372 g/mol. The van der Waals surface area contributed by atoms with Gasteiger partial charge in [0.25, 0.3) is 0 Å². The molecule has 1 unspecified atom stereocenters. The molecule has 3 aromatic rings. The molecule has 0 saturated carbocycles. The van der Waals surface area contributed by atoms with Crippen LogP contribution in [0.1, 0.15) is 49.8 Å². The van der Waals surface area contributed by atoms with Crippen LogP contribution in [-0.4, -0.2) is 5.11 Å². The summed E-state index contributed by atoms with van der Waals surface area (Å²) in [7, 11) is 0. The number of hydrogen-bond acceptors (Lipinski definition) is 2. The van der Waals surface area contributed by atoms with E-state index in [1.165, 1.54) is 12.8 Å². The first-order valence-corrected chi connectivity index (χ1v) is 9.93. The Balaban J connectivity index is 1.76. The number of ether oxygens (including phenoxy) is 1. The first-order valence-electron chi connectivity index (χ1n) is 9.93. The van der Waals surface area contributed by atoms with Crippen LogP contribution in [0.4, 0.5) is 0 Å². The highest BCUT2D eigenvalue weighted by Gasteiger charge is 2.25. The van der Waals surface area contributed by atoms with Gasteiger partial charge in [-0.1, -0.05) is 92.6 Å². The molecule has 144 valence electrons. The largest absolute Gasteiger partial charge is 0.457 e. The summed E-state index contributed by atoms with van der Waals surface area (Å²) in [4.78, 5) is 0. The summed E-state index contributed by atoms with van der Waals surface area (Å²) >= 11 is 0. The lowest BCUT2D eigenvalue weighted by Crippen LogP contribution is -2.22. The fourth-order valence-electron chi connectivity index (χ4n) is 3.15. The second-order valence-corrected chi connectivity index (χ2v) is 7.15. The van der Waals surface area contributed by atoms with Crippen LogP contribution in [0.3, 0.4) is 0 Å². The maximum Gasteiger partial charge on any atom is 0.134 e. The van der Waals surface area contributed by atoms with Gasteiger partial charge in [0.1, 0.15) is 17.1 Å². The van der Waals surface area contributed by atoms with Crippen LogP contribution in [0.25, 0.3) is 6.08 Å². The summed E-state index contributed by atoms with van der Waals surface area (Å²) in [6.07, 6.45) is 7.80. The van der Waals surface area contributed by atoms with E-state index < -0.39 is 5.60 Å². The van der Waals surface area contributed by atoms with Gasteiger partial charge in [-0.05, 0) is 42.7 Å². The second kappa shape index (κ2) is 9.38. The molecule has 0 aromatic heterocycles. The lowest BCUT2D eigenvalue weighted by molar-refractivity contribution is 0.102. The molecule has 0 amide bonds. The number of aliphatic hydroxyl groups is 1. The molecule has 1 N–H and O–H groups in total. The molecule has 0 saturated heterocycles. The summed E-state index contributed by atoms with van der Waals surface area (Å²) in [5, 5.41) is 11.0. The molecule has 0 bridgehead atoms. The van der Waals surface area contributed by atoms with E-state index in [0.29, 0.717) is 0 Å². The summed E-state index contributed by atoms with van der Waals surface area (Å²) in [6.45, 7) is 4.01. The lowest BCUT2D eigenvalue weighted by Gasteiger charge is -2.24. The van der Waals surface area contributed by atoms with Gasteiger partial charge in [-0.15, -0.1) is 0 Å². The maximum absolute atomic E-state index is 11.0. The Morgan fingerprint density at radius 2 is 1.50 bits per heavy atom.